The molecule has 10 rings (SSSR count). The molecule has 0 fully saturated rings. The Labute approximate surface area is 284 Å². The van der Waals surface area contributed by atoms with E-state index in [2.05, 4.69) is 133 Å². The Balaban J connectivity index is 0.964. The maximum Gasteiger partial charge on any atom is 0.160 e. The van der Waals surface area contributed by atoms with Crippen LogP contribution in [-0.2, 0) is 0 Å². The van der Waals surface area contributed by atoms with Gasteiger partial charge in [-0.05, 0) is 58.3 Å². The maximum atomic E-state index is 4.95. The fraction of sp³-hybridized carbons (Fsp3) is 0. The molecule has 6 aromatic carbocycles. The second kappa shape index (κ2) is 10.9. The van der Waals surface area contributed by atoms with Crippen LogP contribution in [0.3, 0.4) is 0 Å². The van der Waals surface area contributed by atoms with Crippen LogP contribution >= 0.6 is 22.7 Å². The Morgan fingerprint density at radius 1 is 0.375 bits per heavy atom. The molecule has 0 unspecified atom stereocenters. The number of aromatic nitrogens is 3. The van der Waals surface area contributed by atoms with Gasteiger partial charge in [-0.25, -0.2) is 9.97 Å². The van der Waals surface area contributed by atoms with Gasteiger partial charge in [-0.3, -0.25) is 4.98 Å². The van der Waals surface area contributed by atoms with E-state index in [-0.39, 0.29) is 0 Å². The van der Waals surface area contributed by atoms with Gasteiger partial charge in [0.15, 0.2) is 5.82 Å². The second-order valence-electron chi connectivity index (χ2n) is 12.1. The molecular weight excluding hydrogens is 623 g/mol. The first kappa shape index (κ1) is 27.4. The number of rotatable bonds is 4. The standard InChI is InChI=1S/C43H25N3S2/c1-3-13-39-32(7-1)34-9-5-11-36(41(34)47-39)38-20-19-29(23-44-38)27-17-15-26-16-18-28(22-30(26)21-27)31-24-45-43(46-25-31)37-12-6-10-35-33-8-2-4-14-40(33)48-42(35)37/h1-25H. The van der Waals surface area contributed by atoms with Crippen molar-refractivity contribution < 1.29 is 0 Å². The van der Waals surface area contributed by atoms with E-state index < -0.39 is 0 Å². The Morgan fingerprint density at radius 3 is 1.56 bits per heavy atom. The summed E-state index contributed by atoms with van der Waals surface area (Å²) in [6.45, 7) is 0. The summed E-state index contributed by atoms with van der Waals surface area (Å²) in [5.41, 5.74) is 7.57. The SMILES string of the molecule is c1ccc2c(c1)sc1c(-c3ccc(-c4ccc5ccc(-c6cnc(-c7cccc8c7sc7ccccc78)nc6)cc5c4)cn3)cccc12. The summed E-state index contributed by atoms with van der Waals surface area (Å²) in [6.07, 6.45) is 5.88. The molecule has 0 atom stereocenters. The highest BCUT2D eigenvalue weighted by Crippen LogP contribution is 2.41. The molecule has 0 bridgehead atoms. The van der Waals surface area contributed by atoms with E-state index in [9.17, 15) is 0 Å². The monoisotopic (exact) mass is 647 g/mol. The van der Waals surface area contributed by atoms with Crippen molar-refractivity contribution in [2.24, 2.45) is 0 Å². The minimum absolute atomic E-state index is 0.749. The molecule has 0 aliphatic rings. The third kappa shape index (κ3) is 4.43. The number of fused-ring (bicyclic) bond motifs is 7. The fourth-order valence-electron chi connectivity index (χ4n) is 6.82. The van der Waals surface area contributed by atoms with Gasteiger partial charge in [0.05, 0.1) is 5.69 Å². The smallest absolute Gasteiger partial charge is 0.160 e. The molecule has 0 spiro atoms. The largest absolute Gasteiger partial charge is 0.256 e. The van der Waals surface area contributed by atoms with Crippen molar-refractivity contribution in [2.45, 2.75) is 0 Å². The number of benzene rings is 6. The molecular formula is C43H25N3S2. The molecule has 0 aliphatic carbocycles. The molecule has 4 heterocycles. The Morgan fingerprint density at radius 2 is 0.917 bits per heavy atom. The van der Waals surface area contributed by atoms with Crippen LogP contribution < -0.4 is 0 Å². The lowest BCUT2D eigenvalue weighted by Gasteiger charge is -2.09. The summed E-state index contributed by atoms with van der Waals surface area (Å²) in [6, 6.07) is 47.6. The van der Waals surface area contributed by atoms with Crippen LogP contribution in [0.15, 0.2) is 152 Å². The lowest BCUT2D eigenvalue weighted by atomic mass is 9.98. The molecule has 0 saturated carbocycles. The average Bonchev–Trinajstić information content (AvgIpc) is 3.73. The van der Waals surface area contributed by atoms with Gasteiger partial charge in [0.2, 0.25) is 0 Å². The van der Waals surface area contributed by atoms with Crippen LogP contribution in [0.5, 0.6) is 0 Å². The number of hydrogen-bond donors (Lipinski definition) is 0. The minimum Gasteiger partial charge on any atom is -0.256 e. The summed E-state index contributed by atoms with van der Waals surface area (Å²) in [5, 5.41) is 7.49. The summed E-state index contributed by atoms with van der Waals surface area (Å²) in [4.78, 5) is 14.6. The number of hydrogen-bond acceptors (Lipinski definition) is 5. The molecule has 5 heteroatoms. The van der Waals surface area contributed by atoms with Gasteiger partial charge in [0, 0.05) is 81.2 Å². The third-order valence-corrected chi connectivity index (χ3v) is 11.7. The molecule has 0 radical (unpaired) electrons. The van der Waals surface area contributed by atoms with E-state index in [0.29, 0.717) is 0 Å². The van der Waals surface area contributed by atoms with Crippen molar-refractivity contribution in [1.29, 1.82) is 0 Å². The predicted octanol–water partition coefficient (Wildman–Crippen LogP) is 12.4. The molecule has 48 heavy (non-hydrogen) atoms. The first-order chi connectivity index (χ1) is 23.8. The second-order valence-corrected chi connectivity index (χ2v) is 14.2. The van der Waals surface area contributed by atoms with Crippen molar-refractivity contribution in [3.05, 3.63) is 152 Å². The van der Waals surface area contributed by atoms with Gasteiger partial charge < -0.3 is 0 Å². The van der Waals surface area contributed by atoms with Crippen LogP contribution in [0.1, 0.15) is 0 Å². The van der Waals surface area contributed by atoms with Crippen LogP contribution in [-0.4, -0.2) is 15.0 Å². The molecule has 10 aromatic rings. The average molecular weight is 648 g/mol. The highest BCUT2D eigenvalue weighted by molar-refractivity contribution is 7.26. The van der Waals surface area contributed by atoms with Gasteiger partial charge in [0.1, 0.15) is 0 Å². The first-order valence-electron chi connectivity index (χ1n) is 15.9. The first-order valence-corrected chi connectivity index (χ1v) is 17.5. The van der Waals surface area contributed by atoms with E-state index in [0.717, 1.165) is 39.3 Å². The molecule has 0 N–H and O–H groups in total. The number of pyridine rings is 1. The zero-order chi connectivity index (χ0) is 31.6. The van der Waals surface area contributed by atoms with Gasteiger partial charge in [-0.15, -0.1) is 22.7 Å². The fourth-order valence-corrected chi connectivity index (χ4v) is 9.25. The summed E-state index contributed by atoms with van der Waals surface area (Å²) >= 11 is 3.64. The zero-order valence-corrected chi connectivity index (χ0v) is 27.2. The van der Waals surface area contributed by atoms with E-state index in [4.69, 9.17) is 15.0 Å². The van der Waals surface area contributed by atoms with E-state index in [1.165, 1.54) is 56.7 Å². The van der Waals surface area contributed by atoms with Crippen LogP contribution in [0.2, 0.25) is 0 Å². The summed E-state index contributed by atoms with van der Waals surface area (Å²) < 4.78 is 5.10. The van der Waals surface area contributed by atoms with Crippen molar-refractivity contribution >= 4 is 73.8 Å². The topological polar surface area (TPSA) is 38.7 Å². The van der Waals surface area contributed by atoms with E-state index in [1.54, 1.807) is 11.3 Å². The number of nitrogens with zero attached hydrogens (tertiary/aromatic N) is 3. The highest BCUT2D eigenvalue weighted by Gasteiger charge is 2.14. The van der Waals surface area contributed by atoms with Gasteiger partial charge in [0.25, 0.3) is 0 Å². The van der Waals surface area contributed by atoms with Crippen molar-refractivity contribution in [2.75, 3.05) is 0 Å². The molecule has 224 valence electrons. The van der Waals surface area contributed by atoms with Gasteiger partial charge in [-0.1, -0.05) is 97.1 Å². The van der Waals surface area contributed by atoms with E-state index >= 15 is 0 Å². The normalized spacial score (nSPS) is 11.8. The van der Waals surface area contributed by atoms with Crippen molar-refractivity contribution in [3.8, 4) is 44.9 Å². The van der Waals surface area contributed by atoms with E-state index in [1.807, 2.05) is 29.9 Å². The van der Waals surface area contributed by atoms with Crippen LogP contribution in [0.4, 0.5) is 0 Å². The third-order valence-electron chi connectivity index (χ3n) is 9.25. The Kier molecular flexibility index (Phi) is 6.22. The van der Waals surface area contributed by atoms with Crippen LogP contribution in [0.25, 0.3) is 96.0 Å². The highest BCUT2D eigenvalue weighted by atomic mass is 32.1. The lowest BCUT2D eigenvalue weighted by molar-refractivity contribution is 1.18. The Hall–Kier alpha value is -5.75. The van der Waals surface area contributed by atoms with Crippen LogP contribution in [0, 0.1) is 0 Å². The van der Waals surface area contributed by atoms with Crippen molar-refractivity contribution in [1.82, 2.24) is 15.0 Å². The molecule has 0 amide bonds. The zero-order valence-electron chi connectivity index (χ0n) is 25.6. The summed E-state index contributed by atoms with van der Waals surface area (Å²) in [7, 11) is 0. The van der Waals surface area contributed by atoms with Crippen molar-refractivity contribution in [3.63, 3.8) is 0 Å². The molecule has 3 nitrogen and oxygen atoms in total. The number of thiophene rings is 2. The van der Waals surface area contributed by atoms with Gasteiger partial charge >= 0.3 is 0 Å². The minimum atomic E-state index is 0.749. The lowest BCUT2D eigenvalue weighted by Crippen LogP contribution is -1.90. The quantitative estimate of drug-likeness (QED) is 0.191. The molecule has 4 aromatic heterocycles. The summed E-state index contributed by atoms with van der Waals surface area (Å²) in [5.74, 6) is 0.749. The van der Waals surface area contributed by atoms with Gasteiger partial charge in [-0.2, -0.15) is 0 Å². The predicted molar refractivity (Wildman–Crippen MR) is 205 cm³/mol. The Bertz CT molecular complexity index is 2640. The molecule has 0 saturated heterocycles. The maximum absolute atomic E-state index is 4.95. The molecule has 0 aliphatic heterocycles.